The van der Waals surface area contributed by atoms with Gasteiger partial charge in [-0.3, -0.25) is 4.79 Å². The Hall–Kier alpha value is -0.610. The summed E-state index contributed by atoms with van der Waals surface area (Å²) in [6.45, 7) is 13.7. The molecule has 0 radical (unpaired) electrons. The fourth-order valence-electron chi connectivity index (χ4n) is 6.33. The van der Waals surface area contributed by atoms with Crippen LogP contribution in [0.25, 0.3) is 0 Å². The lowest BCUT2D eigenvalue weighted by atomic mass is 10.0. The van der Waals surface area contributed by atoms with Crippen LogP contribution in [0.4, 0.5) is 0 Å². The van der Waals surface area contributed by atoms with Crippen molar-refractivity contribution in [1.82, 2.24) is 10.2 Å². The molecule has 278 valence electrons. The summed E-state index contributed by atoms with van der Waals surface area (Å²) in [6, 6.07) is 0. The average Bonchev–Trinajstić information content (AvgIpc) is 3.07. The van der Waals surface area contributed by atoms with Gasteiger partial charge in [0, 0.05) is 19.5 Å². The second-order valence-corrected chi connectivity index (χ2v) is 14.2. The van der Waals surface area contributed by atoms with Crippen LogP contribution in [-0.4, -0.2) is 43.5 Å². The number of unbranched alkanes of at least 4 members (excludes halogenated alkanes) is 29. The molecule has 0 aromatic rings. The van der Waals surface area contributed by atoms with Gasteiger partial charge in [-0.15, -0.1) is 0 Å². The number of amides is 1. The van der Waals surface area contributed by atoms with E-state index in [4.69, 9.17) is 5.73 Å². The first-order chi connectivity index (χ1) is 22.7. The molecular formula is C42H89N3O. The quantitative estimate of drug-likeness (QED) is 0.0657. The van der Waals surface area contributed by atoms with E-state index in [1.165, 1.54) is 193 Å². The van der Waals surface area contributed by atoms with Crippen molar-refractivity contribution in [2.45, 2.75) is 233 Å². The molecule has 0 rings (SSSR count). The number of nitrogens with two attached hydrogens (primary N) is 1. The number of carbonyl (C=O) groups excluding carboxylic acids is 1. The molecule has 4 heteroatoms. The van der Waals surface area contributed by atoms with Crippen LogP contribution >= 0.6 is 0 Å². The fourth-order valence-corrected chi connectivity index (χ4v) is 6.33. The predicted octanol–water partition coefficient (Wildman–Crippen LogP) is 12.9. The summed E-state index contributed by atoms with van der Waals surface area (Å²) in [6.07, 6.45) is 44.1. The maximum atomic E-state index is 11.8. The number of likely N-dealkylation sites (N-methyl/N-ethyl adjacent to an activating group) is 1. The number of hydrogen-bond donors (Lipinski definition) is 2. The van der Waals surface area contributed by atoms with Gasteiger partial charge in [0.15, 0.2) is 0 Å². The van der Waals surface area contributed by atoms with Gasteiger partial charge < -0.3 is 16.0 Å². The molecule has 0 saturated carbocycles. The zero-order chi connectivity index (χ0) is 34.0. The Morgan fingerprint density at radius 3 is 1.00 bits per heavy atom. The summed E-state index contributed by atoms with van der Waals surface area (Å²) < 4.78 is 0. The van der Waals surface area contributed by atoms with E-state index in [9.17, 15) is 4.79 Å². The monoisotopic (exact) mass is 652 g/mol. The smallest absolute Gasteiger partial charge is 0.220 e. The van der Waals surface area contributed by atoms with E-state index >= 15 is 0 Å². The molecule has 0 fully saturated rings. The molecule has 0 aromatic carbocycles. The van der Waals surface area contributed by atoms with Crippen molar-refractivity contribution < 1.29 is 4.79 Å². The third-order valence-electron chi connectivity index (χ3n) is 9.71. The maximum absolute atomic E-state index is 11.8. The van der Waals surface area contributed by atoms with Crippen molar-refractivity contribution in [2.24, 2.45) is 5.73 Å². The lowest BCUT2D eigenvalue weighted by molar-refractivity contribution is -0.121. The Labute approximate surface area is 292 Å². The lowest BCUT2D eigenvalue weighted by Gasteiger charge is -2.17. The molecule has 3 N–H and O–H groups in total. The highest BCUT2D eigenvalue weighted by Gasteiger charge is 2.03. The lowest BCUT2D eigenvalue weighted by Crippen LogP contribution is -2.34. The van der Waals surface area contributed by atoms with Gasteiger partial charge in [-0.25, -0.2) is 0 Å². The second kappa shape index (κ2) is 44.4. The maximum Gasteiger partial charge on any atom is 0.220 e. The highest BCUT2D eigenvalue weighted by atomic mass is 16.1. The van der Waals surface area contributed by atoms with Crippen molar-refractivity contribution in [3.8, 4) is 0 Å². The van der Waals surface area contributed by atoms with E-state index in [1.807, 2.05) is 0 Å². The van der Waals surface area contributed by atoms with Crippen LogP contribution < -0.4 is 11.1 Å². The zero-order valence-electron chi connectivity index (χ0n) is 32.6. The summed E-state index contributed by atoms with van der Waals surface area (Å²) in [5.41, 5.74) is 5.48. The van der Waals surface area contributed by atoms with E-state index in [0.29, 0.717) is 6.42 Å². The fraction of sp³-hybridized carbons (Fsp3) is 0.976. The summed E-state index contributed by atoms with van der Waals surface area (Å²) in [5, 5.41) is 3.05. The Morgan fingerprint density at radius 1 is 0.435 bits per heavy atom. The predicted molar refractivity (Wildman–Crippen MR) is 209 cm³/mol. The molecule has 1 amide bonds. The largest absolute Gasteiger partial charge is 0.355 e. The summed E-state index contributed by atoms with van der Waals surface area (Å²) in [4.78, 5) is 14.1. The first kappa shape index (κ1) is 47.5. The second-order valence-electron chi connectivity index (χ2n) is 14.2. The van der Waals surface area contributed by atoms with Gasteiger partial charge in [-0.05, 0) is 32.5 Å². The average molecular weight is 652 g/mol. The minimum absolute atomic E-state index is 0.233. The number of hydrogen-bond acceptors (Lipinski definition) is 3. The van der Waals surface area contributed by atoms with Gasteiger partial charge in [0.2, 0.25) is 5.91 Å². The van der Waals surface area contributed by atoms with Crippen molar-refractivity contribution in [3.05, 3.63) is 0 Å². The third-order valence-corrected chi connectivity index (χ3v) is 9.71. The van der Waals surface area contributed by atoms with Crippen molar-refractivity contribution >= 4 is 5.91 Å². The molecule has 0 aliphatic heterocycles. The Kier molecular flexibility index (Phi) is 45.8. The SMILES string of the molecule is CCCCCCCCCCCCCCCCCC(=O)NCCN(CC)CC.CCCCCCCCCCCCCCCCCCN. The van der Waals surface area contributed by atoms with Gasteiger partial charge >= 0.3 is 0 Å². The minimum atomic E-state index is 0.233. The minimum Gasteiger partial charge on any atom is -0.355 e. The van der Waals surface area contributed by atoms with Gasteiger partial charge in [0.1, 0.15) is 0 Å². The number of carbonyl (C=O) groups is 1. The van der Waals surface area contributed by atoms with Crippen molar-refractivity contribution in [1.29, 1.82) is 0 Å². The number of rotatable bonds is 37. The summed E-state index contributed by atoms with van der Waals surface area (Å²) in [7, 11) is 0. The normalized spacial score (nSPS) is 11.2. The first-order valence-electron chi connectivity index (χ1n) is 21.3. The molecule has 0 aliphatic carbocycles. The standard InChI is InChI=1S/C24H50N2O.C18H39N/c1-4-7-8-9-10-11-12-13-14-15-16-17-18-19-20-21-24(27)25-22-23-26(5-2)6-3;1-2-3-4-5-6-7-8-9-10-11-12-13-14-15-16-17-18-19/h4-23H2,1-3H3,(H,25,27);2-19H2,1H3. The van der Waals surface area contributed by atoms with Crippen LogP contribution in [0, 0.1) is 0 Å². The number of nitrogens with zero attached hydrogens (tertiary/aromatic N) is 1. The van der Waals surface area contributed by atoms with Crippen LogP contribution in [0.2, 0.25) is 0 Å². The molecule has 0 bridgehead atoms. The van der Waals surface area contributed by atoms with Gasteiger partial charge in [-0.1, -0.05) is 214 Å². The van der Waals surface area contributed by atoms with Crippen LogP contribution in [0.3, 0.4) is 0 Å². The molecule has 0 heterocycles. The summed E-state index contributed by atoms with van der Waals surface area (Å²) >= 11 is 0. The Bertz CT molecular complexity index is 521. The van der Waals surface area contributed by atoms with Crippen molar-refractivity contribution in [2.75, 3.05) is 32.7 Å². The number of nitrogens with one attached hydrogen (secondary N) is 1. The highest BCUT2D eigenvalue weighted by molar-refractivity contribution is 5.75. The van der Waals surface area contributed by atoms with Crippen molar-refractivity contribution in [3.63, 3.8) is 0 Å². The molecule has 0 saturated heterocycles. The van der Waals surface area contributed by atoms with E-state index in [-0.39, 0.29) is 5.91 Å². The van der Waals surface area contributed by atoms with E-state index < -0.39 is 0 Å². The van der Waals surface area contributed by atoms with Crippen LogP contribution in [0.15, 0.2) is 0 Å². The molecule has 0 aromatic heterocycles. The van der Waals surface area contributed by atoms with Crippen LogP contribution in [0.1, 0.15) is 233 Å². The van der Waals surface area contributed by atoms with E-state index in [2.05, 4.69) is 37.9 Å². The zero-order valence-corrected chi connectivity index (χ0v) is 32.6. The molecule has 0 aliphatic rings. The molecule has 0 atom stereocenters. The van der Waals surface area contributed by atoms with Crippen LogP contribution in [0.5, 0.6) is 0 Å². The molecule has 0 unspecified atom stereocenters. The third kappa shape index (κ3) is 43.4. The molecule has 0 spiro atoms. The summed E-state index contributed by atoms with van der Waals surface area (Å²) in [5.74, 6) is 0.233. The molecular weight excluding hydrogens is 562 g/mol. The van der Waals surface area contributed by atoms with Gasteiger partial charge in [0.25, 0.3) is 0 Å². The van der Waals surface area contributed by atoms with E-state index in [0.717, 1.165) is 39.1 Å². The molecule has 46 heavy (non-hydrogen) atoms. The van der Waals surface area contributed by atoms with E-state index in [1.54, 1.807) is 0 Å². The van der Waals surface area contributed by atoms with Crippen LogP contribution in [-0.2, 0) is 4.79 Å². The Morgan fingerprint density at radius 2 is 0.717 bits per heavy atom. The van der Waals surface area contributed by atoms with Gasteiger partial charge in [-0.2, -0.15) is 0 Å². The Balaban J connectivity index is 0. The molecule has 4 nitrogen and oxygen atoms in total. The highest BCUT2D eigenvalue weighted by Crippen LogP contribution is 2.15. The first-order valence-corrected chi connectivity index (χ1v) is 21.3. The topological polar surface area (TPSA) is 58.4 Å². The van der Waals surface area contributed by atoms with Gasteiger partial charge in [0.05, 0.1) is 0 Å².